The van der Waals surface area contributed by atoms with Crippen molar-refractivity contribution >= 4 is 15.7 Å². The van der Waals surface area contributed by atoms with Gasteiger partial charge in [-0.1, -0.05) is 48.5 Å². The summed E-state index contributed by atoms with van der Waals surface area (Å²) in [6.07, 6.45) is 1.61. The van der Waals surface area contributed by atoms with Crippen LogP contribution in [0.2, 0.25) is 0 Å². The van der Waals surface area contributed by atoms with Crippen LogP contribution in [0, 0.1) is 0 Å². The second-order valence-corrected chi connectivity index (χ2v) is 8.32. The lowest BCUT2D eigenvalue weighted by atomic mass is 10.1. The van der Waals surface area contributed by atoms with Crippen molar-refractivity contribution in [2.75, 3.05) is 13.1 Å². The van der Waals surface area contributed by atoms with Crippen LogP contribution in [0.4, 0.5) is 0 Å². The van der Waals surface area contributed by atoms with Crippen molar-refractivity contribution in [3.63, 3.8) is 0 Å². The van der Waals surface area contributed by atoms with E-state index in [9.17, 15) is 13.2 Å². The molecule has 2 aromatic rings. The Kier molecular flexibility index (Phi) is 5.00. The highest BCUT2D eigenvalue weighted by Gasteiger charge is 2.35. The van der Waals surface area contributed by atoms with Gasteiger partial charge >= 0.3 is 0 Å². The van der Waals surface area contributed by atoms with Crippen molar-refractivity contribution in [2.24, 2.45) is 0 Å². The van der Waals surface area contributed by atoms with Gasteiger partial charge in [-0.2, -0.15) is 0 Å². The Morgan fingerprint density at radius 1 is 1.00 bits per heavy atom. The predicted octanol–water partition coefficient (Wildman–Crippen LogP) is 2.69. The minimum absolute atomic E-state index is 0.0321. The molecule has 1 unspecified atom stereocenters. The maximum Gasteiger partial charge on any atom is 0.222 e. The SMILES string of the molecule is O=C(CCc1ccccc1)N1CCC(S(=O)(=O)c2ccccc2)C1. The van der Waals surface area contributed by atoms with Gasteiger partial charge in [-0.25, -0.2) is 8.42 Å². The molecule has 0 N–H and O–H groups in total. The fourth-order valence-corrected chi connectivity index (χ4v) is 4.78. The summed E-state index contributed by atoms with van der Waals surface area (Å²) in [5.41, 5.74) is 1.12. The molecule has 3 rings (SSSR count). The summed E-state index contributed by atoms with van der Waals surface area (Å²) in [7, 11) is -3.37. The third kappa shape index (κ3) is 3.67. The minimum Gasteiger partial charge on any atom is -0.341 e. The highest BCUT2D eigenvalue weighted by molar-refractivity contribution is 7.92. The molecule has 4 nitrogen and oxygen atoms in total. The normalized spacial score (nSPS) is 17.8. The molecule has 1 atom stereocenters. The van der Waals surface area contributed by atoms with Gasteiger partial charge in [-0.05, 0) is 30.5 Å². The summed E-state index contributed by atoms with van der Waals surface area (Å²) in [5, 5.41) is -0.499. The zero-order valence-corrected chi connectivity index (χ0v) is 14.3. The molecule has 1 fully saturated rings. The molecule has 1 heterocycles. The van der Waals surface area contributed by atoms with Crippen molar-refractivity contribution in [1.29, 1.82) is 0 Å². The van der Waals surface area contributed by atoms with Crippen LogP contribution in [-0.4, -0.2) is 37.6 Å². The van der Waals surface area contributed by atoms with Gasteiger partial charge in [0.15, 0.2) is 9.84 Å². The van der Waals surface area contributed by atoms with Crippen LogP contribution in [0.1, 0.15) is 18.4 Å². The van der Waals surface area contributed by atoms with Gasteiger partial charge in [-0.3, -0.25) is 4.79 Å². The van der Waals surface area contributed by atoms with Gasteiger partial charge < -0.3 is 4.90 Å². The zero-order chi connectivity index (χ0) is 17.0. The summed E-state index contributed by atoms with van der Waals surface area (Å²) in [4.78, 5) is 14.4. The summed E-state index contributed by atoms with van der Waals surface area (Å²) in [5.74, 6) is 0.0321. The van der Waals surface area contributed by atoms with Crippen LogP contribution >= 0.6 is 0 Å². The number of sulfone groups is 1. The molecule has 2 aromatic carbocycles. The first-order valence-corrected chi connectivity index (χ1v) is 9.72. The van der Waals surface area contributed by atoms with Gasteiger partial charge in [0.05, 0.1) is 10.1 Å². The zero-order valence-electron chi connectivity index (χ0n) is 13.5. The topological polar surface area (TPSA) is 54.5 Å². The number of carbonyl (C=O) groups excluding carboxylic acids is 1. The van der Waals surface area contributed by atoms with Gasteiger partial charge in [0.2, 0.25) is 5.91 Å². The Morgan fingerprint density at radius 3 is 2.29 bits per heavy atom. The Morgan fingerprint density at radius 2 is 1.62 bits per heavy atom. The Balaban J connectivity index is 1.60. The van der Waals surface area contributed by atoms with Crippen LogP contribution < -0.4 is 0 Å². The predicted molar refractivity (Wildman–Crippen MR) is 93.4 cm³/mol. The number of likely N-dealkylation sites (tertiary alicyclic amines) is 1. The van der Waals surface area contributed by atoms with Crippen LogP contribution in [0.5, 0.6) is 0 Å². The van der Waals surface area contributed by atoms with Gasteiger partial charge in [0, 0.05) is 19.5 Å². The highest BCUT2D eigenvalue weighted by Crippen LogP contribution is 2.24. The van der Waals surface area contributed by atoms with E-state index in [1.807, 2.05) is 30.3 Å². The minimum atomic E-state index is -3.37. The van der Waals surface area contributed by atoms with Crippen molar-refractivity contribution in [1.82, 2.24) is 4.90 Å². The van der Waals surface area contributed by atoms with E-state index in [1.54, 1.807) is 35.2 Å². The van der Waals surface area contributed by atoms with Crippen molar-refractivity contribution in [2.45, 2.75) is 29.4 Å². The monoisotopic (exact) mass is 343 g/mol. The van der Waals surface area contributed by atoms with Crippen molar-refractivity contribution in [3.8, 4) is 0 Å². The Bertz CT molecular complexity index is 788. The van der Waals surface area contributed by atoms with Crippen molar-refractivity contribution in [3.05, 3.63) is 66.2 Å². The largest absolute Gasteiger partial charge is 0.341 e. The first-order valence-electron chi connectivity index (χ1n) is 8.18. The molecule has 0 spiro atoms. The summed E-state index contributed by atoms with van der Waals surface area (Å²) in [6, 6.07) is 18.4. The standard InChI is InChI=1S/C19H21NO3S/c21-19(12-11-16-7-3-1-4-8-16)20-14-13-18(15-20)24(22,23)17-9-5-2-6-10-17/h1-10,18H,11-15H2. The van der Waals surface area contributed by atoms with Crippen LogP contribution in [-0.2, 0) is 21.1 Å². The first kappa shape index (κ1) is 16.7. The second kappa shape index (κ2) is 7.18. The van der Waals surface area contributed by atoms with Crippen LogP contribution in [0.15, 0.2) is 65.6 Å². The fraction of sp³-hybridized carbons (Fsp3) is 0.316. The molecule has 0 saturated carbocycles. The molecule has 0 radical (unpaired) electrons. The maximum atomic E-state index is 12.6. The second-order valence-electron chi connectivity index (χ2n) is 6.09. The third-order valence-electron chi connectivity index (χ3n) is 4.48. The number of benzene rings is 2. The smallest absolute Gasteiger partial charge is 0.222 e. The molecule has 126 valence electrons. The van der Waals surface area contributed by atoms with E-state index in [4.69, 9.17) is 0 Å². The number of carbonyl (C=O) groups is 1. The van der Waals surface area contributed by atoms with E-state index >= 15 is 0 Å². The number of nitrogens with zero attached hydrogens (tertiary/aromatic N) is 1. The van der Waals surface area contributed by atoms with E-state index < -0.39 is 15.1 Å². The quantitative estimate of drug-likeness (QED) is 0.839. The lowest BCUT2D eigenvalue weighted by Crippen LogP contribution is -2.32. The number of aryl methyl sites for hydroxylation is 1. The van der Waals surface area contributed by atoms with Crippen molar-refractivity contribution < 1.29 is 13.2 Å². The molecule has 1 aliphatic rings. The Labute approximate surface area is 143 Å². The molecule has 0 aromatic heterocycles. The summed E-state index contributed by atoms with van der Waals surface area (Å²) in [6.45, 7) is 0.815. The molecule has 1 aliphatic heterocycles. The van der Waals surface area contributed by atoms with Gasteiger partial charge in [-0.15, -0.1) is 0 Å². The summed E-state index contributed by atoms with van der Waals surface area (Å²) < 4.78 is 25.3. The molecule has 1 saturated heterocycles. The van der Waals surface area contributed by atoms with E-state index in [0.717, 1.165) is 5.56 Å². The van der Waals surface area contributed by atoms with E-state index in [2.05, 4.69) is 0 Å². The molecule has 0 bridgehead atoms. The van der Waals surface area contributed by atoms with Crippen LogP contribution in [0.25, 0.3) is 0 Å². The average molecular weight is 343 g/mol. The maximum absolute atomic E-state index is 12.6. The number of hydrogen-bond acceptors (Lipinski definition) is 3. The molecule has 24 heavy (non-hydrogen) atoms. The molecular formula is C19H21NO3S. The lowest BCUT2D eigenvalue weighted by molar-refractivity contribution is -0.130. The molecule has 0 aliphatic carbocycles. The highest BCUT2D eigenvalue weighted by atomic mass is 32.2. The number of rotatable bonds is 5. The van der Waals surface area contributed by atoms with E-state index in [0.29, 0.717) is 37.2 Å². The molecular weight excluding hydrogens is 322 g/mol. The molecule has 5 heteroatoms. The summed E-state index contributed by atoms with van der Waals surface area (Å²) >= 11 is 0. The first-order chi connectivity index (χ1) is 11.6. The number of amides is 1. The fourth-order valence-electron chi connectivity index (χ4n) is 3.06. The van der Waals surface area contributed by atoms with E-state index in [-0.39, 0.29) is 5.91 Å². The van der Waals surface area contributed by atoms with Gasteiger partial charge in [0.25, 0.3) is 0 Å². The van der Waals surface area contributed by atoms with Gasteiger partial charge in [0.1, 0.15) is 0 Å². The van der Waals surface area contributed by atoms with Crippen LogP contribution in [0.3, 0.4) is 0 Å². The lowest BCUT2D eigenvalue weighted by Gasteiger charge is -2.17. The van der Waals surface area contributed by atoms with E-state index in [1.165, 1.54) is 0 Å². The average Bonchev–Trinajstić information content (AvgIpc) is 3.12. The Hall–Kier alpha value is -2.14. The number of hydrogen-bond donors (Lipinski definition) is 0. The molecule has 1 amide bonds. The third-order valence-corrected chi connectivity index (χ3v) is 6.67.